The van der Waals surface area contributed by atoms with Gasteiger partial charge in [-0.15, -0.1) is 0 Å². The maximum Gasteiger partial charge on any atom is 0.407 e. The number of carbonyl (C=O) groups is 2. The van der Waals surface area contributed by atoms with E-state index >= 15 is 0 Å². The van der Waals surface area contributed by atoms with Gasteiger partial charge in [0.05, 0.1) is 12.7 Å². The highest BCUT2D eigenvalue weighted by molar-refractivity contribution is 7.08. The van der Waals surface area contributed by atoms with Gasteiger partial charge in [0.1, 0.15) is 0 Å². The van der Waals surface area contributed by atoms with E-state index in [1.54, 1.807) is 5.38 Å². The maximum atomic E-state index is 11.6. The number of methoxy groups -OCH3 is 1. The molecule has 1 aromatic heterocycles. The third-order valence-electron chi connectivity index (χ3n) is 2.89. The molecule has 0 fully saturated rings. The molecule has 18 heavy (non-hydrogen) atoms. The first-order chi connectivity index (χ1) is 8.63. The zero-order valence-corrected chi connectivity index (χ0v) is 10.7. The Balaban J connectivity index is 2.21. The van der Waals surface area contributed by atoms with Crippen LogP contribution in [0.15, 0.2) is 16.8 Å². The summed E-state index contributed by atoms with van der Waals surface area (Å²) in [6.45, 7) is 0.818. The van der Waals surface area contributed by atoms with Crippen molar-refractivity contribution in [2.45, 2.75) is 6.42 Å². The third-order valence-corrected chi connectivity index (χ3v) is 3.64. The molecule has 0 bridgehead atoms. The molecular formula is C12H13NO4S. The van der Waals surface area contributed by atoms with Gasteiger partial charge in [-0.1, -0.05) is 6.08 Å². The van der Waals surface area contributed by atoms with Gasteiger partial charge in [0.15, 0.2) is 0 Å². The number of rotatable bonds is 2. The molecule has 1 aliphatic rings. The number of hydrogen-bond acceptors (Lipinski definition) is 4. The normalized spacial score (nSPS) is 15.2. The van der Waals surface area contributed by atoms with Crippen LogP contribution in [0.3, 0.4) is 0 Å². The van der Waals surface area contributed by atoms with Gasteiger partial charge in [-0.2, -0.15) is 11.3 Å². The van der Waals surface area contributed by atoms with E-state index in [-0.39, 0.29) is 5.97 Å². The summed E-state index contributed by atoms with van der Waals surface area (Å²) in [6.07, 6.45) is 1.56. The molecule has 96 valence electrons. The number of esters is 1. The van der Waals surface area contributed by atoms with Crippen molar-refractivity contribution in [3.05, 3.63) is 28.0 Å². The number of ether oxygens (including phenoxy) is 1. The van der Waals surface area contributed by atoms with E-state index in [4.69, 9.17) is 9.84 Å². The zero-order valence-electron chi connectivity index (χ0n) is 9.88. The molecule has 0 unspecified atom stereocenters. The van der Waals surface area contributed by atoms with Crippen LogP contribution in [0.5, 0.6) is 0 Å². The topological polar surface area (TPSA) is 66.8 Å². The van der Waals surface area contributed by atoms with Gasteiger partial charge in [-0.25, -0.2) is 9.59 Å². The minimum atomic E-state index is -0.913. The molecule has 6 heteroatoms. The molecule has 0 aromatic carbocycles. The lowest BCUT2D eigenvalue weighted by Gasteiger charge is -2.23. The molecule has 2 heterocycles. The monoisotopic (exact) mass is 267 g/mol. The number of thiophene rings is 1. The molecule has 0 radical (unpaired) electrons. The molecule has 0 saturated heterocycles. The third kappa shape index (κ3) is 2.38. The molecule has 1 amide bonds. The first-order valence-electron chi connectivity index (χ1n) is 5.45. The van der Waals surface area contributed by atoms with E-state index in [1.807, 2.05) is 11.5 Å². The molecule has 0 saturated carbocycles. The van der Waals surface area contributed by atoms with E-state index in [1.165, 1.54) is 23.3 Å². The van der Waals surface area contributed by atoms with Crippen LogP contribution in [0.2, 0.25) is 0 Å². The Morgan fingerprint density at radius 3 is 2.78 bits per heavy atom. The van der Waals surface area contributed by atoms with Crippen molar-refractivity contribution < 1.29 is 19.4 Å². The summed E-state index contributed by atoms with van der Waals surface area (Å²) in [7, 11) is 1.35. The first kappa shape index (κ1) is 12.6. The number of nitrogens with zero attached hydrogens (tertiary/aromatic N) is 1. The van der Waals surface area contributed by atoms with Crippen LogP contribution in [0, 0.1) is 0 Å². The summed E-state index contributed by atoms with van der Waals surface area (Å²) < 4.78 is 4.72. The lowest BCUT2D eigenvalue weighted by Crippen LogP contribution is -2.33. The van der Waals surface area contributed by atoms with Crippen LogP contribution in [0.4, 0.5) is 4.79 Å². The average Bonchev–Trinajstić information content (AvgIpc) is 2.87. The average molecular weight is 267 g/mol. The second kappa shape index (κ2) is 5.22. The van der Waals surface area contributed by atoms with Crippen LogP contribution in [-0.2, 0) is 4.74 Å². The van der Waals surface area contributed by atoms with Crippen molar-refractivity contribution in [1.29, 1.82) is 0 Å². The summed E-state index contributed by atoms with van der Waals surface area (Å²) in [5, 5.41) is 12.5. The maximum absolute atomic E-state index is 11.6. The molecule has 2 rings (SSSR count). The molecule has 1 aliphatic heterocycles. The largest absolute Gasteiger partial charge is 0.465 e. The fourth-order valence-electron chi connectivity index (χ4n) is 1.90. The highest BCUT2D eigenvalue weighted by Gasteiger charge is 2.21. The summed E-state index contributed by atoms with van der Waals surface area (Å²) in [5.41, 5.74) is 2.42. The summed E-state index contributed by atoms with van der Waals surface area (Å²) in [4.78, 5) is 23.7. The second-order valence-electron chi connectivity index (χ2n) is 3.90. The predicted molar refractivity (Wildman–Crippen MR) is 67.9 cm³/mol. The zero-order chi connectivity index (χ0) is 13.1. The van der Waals surface area contributed by atoms with Gasteiger partial charge >= 0.3 is 12.1 Å². The molecule has 0 spiro atoms. The van der Waals surface area contributed by atoms with Crippen molar-refractivity contribution in [3.8, 4) is 0 Å². The van der Waals surface area contributed by atoms with Gasteiger partial charge in [0.2, 0.25) is 0 Å². The Labute approximate surface area is 108 Å². The smallest absolute Gasteiger partial charge is 0.407 e. The Hall–Kier alpha value is -1.82. The van der Waals surface area contributed by atoms with Crippen molar-refractivity contribution in [2.24, 2.45) is 0 Å². The van der Waals surface area contributed by atoms with Crippen LogP contribution >= 0.6 is 11.3 Å². The van der Waals surface area contributed by atoms with Crippen LogP contribution in [0.25, 0.3) is 5.57 Å². The minimum absolute atomic E-state index is 0.354. The van der Waals surface area contributed by atoms with E-state index < -0.39 is 6.09 Å². The number of hydrogen-bond donors (Lipinski definition) is 1. The molecule has 0 atom stereocenters. The van der Waals surface area contributed by atoms with Gasteiger partial charge in [-0.05, 0) is 17.4 Å². The van der Waals surface area contributed by atoms with E-state index in [0.717, 1.165) is 11.1 Å². The van der Waals surface area contributed by atoms with E-state index in [0.29, 0.717) is 25.1 Å². The van der Waals surface area contributed by atoms with Crippen LogP contribution in [-0.4, -0.2) is 42.3 Å². The number of carbonyl (C=O) groups excluding carboxylic acids is 1. The Morgan fingerprint density at radius 2 is 2.22 bits per heavy atom. The second-order valence-corrected chi connectivity index (χ2v) is 4.64. The quantitative estimate of drug-likeness (QED) is 0.835. The van der Waals surface area contributed by atoms with E-state index in [2.05, 4.69) is 0 Å². The van der Waals surface area contributed by atoms with Crippen molar-refractivity contribution >= 4 is 29.0 Å². The minimum Gasteiger partial charge on any atom is -0.465 e. The standard InChI is InChI=1S/C12H13NO4S/c1-17-11(14)10-7-18-6-9(10)8-2-4-13(5-3-8)12(15)16/h2,6-7H,3-5H2,1H3,(H,15,16). The van der Waals surface area contributed by atoms with Crippen LogP contribution < -0.4 is 0 Å². The molecule has 1 aromatic rings. The van der Waals surface area contributed by atoms with Gasteiger partial charge in [-0.3, -0.25) is 0 Å². The fraction of sp³-hybridized carbons (Fsp3) is 0.333. The van der Waals surface area contributed by atoms with Crippen molar-refractivity contribution in [1.82, 2.24) is 4.90 Å². The Bertz CT molecular complexity index is 506. The van der Waals surface area contributed by atoms with Gasteiger partial charge < -0.3 is 14.7 Å². The SMILES string of the molecule is COC(=O)c1cscc1C1=CCN(C(=O)O)CC1. The summed E-state index contributed by atoms with van der Waals surface area (Å²) in [6, 6.07) is 0. The first-order valence-corrected chi connectivity index (χ1v) is 6.39. The van der Waals surface area contributed by atoms with Crippen LogP contribution in [0.1, 0.15) is 22.3 Å². The van der Waals surface area contributed by atoms with Crippen molar-refractivity contribution in [3.63, 3.8) is 0 Å². The number of carboxylic acid groups (broad SMARTS) is 1. The molecule has 0 aliphatic carbocycles. The molecule has 5 nitrogen and oxygen atoms in total. The highest BCUT2D eigenvalue weighted by Crippen LogP contribution is 2.28. The fourth-order valence-corrected chi connectivity index (χ4v) is 2.74. The Morgan fingerprint density at radius 1 is 1.44 bits per heavy atom. The lowest BCUT2D eigenvalue weighted by atomic mass is 9.99. The predicted octanol–water partition coefficient (Wildman–Crippen LogP) is 2.30. The highest BCUT2D eigenvalue weighted by atomic mass is 32.1. The number of amides is 1. The van der Waals surface area contributed by atoms with Gasteiger partial charge in [0, 0.05) is 24.0 Å². The molecule has 1 N–H and O–H groups in total. The summed E-state index contributed by atoms with van der Waals surface area (Å²) >= 11 is 1.44. The summed E-state index contributed by atoms with van der Waals surface area (Å²) in [5.74, 6) is -0.354. The van der Waals surface area contributed by atoms with Crippen molar-refractivity contribution in [2.75, 3.05) is 20.2 Å². The Kier molecular flexibility index (Phi) is 3.66. The van der Waals surface area contributed by atoms with Gasteiger partial charge in [0.25, 0.3) is 0 Å². The van der Waals surface area contributed by atoms with E-state index in [9.17, 15) is 9.59 Å². The lowest BCUT2D eigenvalue weighted by molar-refractivity contribution is 0.0601. The molecular weight excluding hydrogens is 254 g/mol.